The number of benzene rings is 1. The van der Waals surface area contributed by atoms with Crippen molar-refractivity contribution in [1.29, 1.82) is 0 Å². The smallest absolute Gasteiger partial charge is 0.274 e. The van der Waals surface area contributed by atoms with Crippen LogP contribution < -0.4 is 20.3 Å². The second kappa shape index (κ2) is 14.6. The zero-order valence-electron chi connectivity index (χ0n) is 22.9. The van der Waals surface area contributed by atoms with Crippen molar-refractivity contribution in [3.63, 3.8) is 0 Å². The number of pyridine rings is 1. The normalized spacial score (nSPS) is 14.9. The van der Waals surface area contributed by atoms with Gasteiger partial charge in [-0.3, -0.25) is 9.59 Å². The summed E-state index contributed by atoms with van der Waals surface area (Å²) in [4.78, 5) is 33.4. The minimum Gasteiger partial charge on any atom is -0.473 e. The van der Waals surface area contributed by atoms with Gasteiger partial charge in [0.05, 0.1) is 11.4 Å². The van der Waals surface area contributed by atoms with Gasteiger partial charge in [-0.25, -0.2) is 4.98 Å². The highest BCUT2D eigenvalue weighted by atomic mass is 16.5. The fourth-order valence-corrected chi connectivity index (χ4v) is 3.91. The van der Waals surface area contributed by atoms with Crippen LogP contribution in [0.2, 0.25) is 0 Å². The summed E-state index contributed by atoms with van der Waals surface area (Å²) in [5.41, 5.74) is 3.18. The molecule has 2 N–H and O–H groups in total. The lowest BCUT2D eigenvalue weighted by Crippen LogP contribution is -2.23. The molecule has 1 aliphatic rings. The average molecular weight is 498 g/mol. The fourth-order valence-electron chi connectivity index (χ4n) is 3.91. The molecule has 1 saturated heterocycles. The summed E-state index contributed by atoms with van der Waals surface area (Å²) in [6.45, 7) is 11.6. The minimum atomic E-state index is -0.323. The lowest BCUT2D eigenvalue weighted by atomic mass is 10.0. The topological polar surface area (TPSA) is 86.8 Å². The molecule has 36 heavy (non-hydrogen) atoms. The first-order valence-corrected chi connectivity index (χ1v) is 12.9. The van der Waals surface area contributed by atoms with Gasteiger partial charge in [0.15, 0.2) is 0 Å². The Morgan fingerprint density at radius 2 is 2.00 bits per heavy atom. The van der Waals surface area contributed by atoms with Gasteiger partial charge in [-0.2, -0.15) is 0 Å². The van der Waals surface area contributed by atoms with Crippen LogP contribution in [-0.4, -0.2) is 69.0 Å². The van der Waals surface area contributed by atoms with Crippen LogP contribution in [0.4, 0.5) is 11.4 Å². The van der Waals surface area contributed by atoms with E-state index in [0.29, 0.717) is 29.6 Å². The molecule has 8 nitrogen and oxygen atoms in total. The maximum atomic E-state index is 13.1. The molecule has 1 atom stereocenters. The van der Waals surface area contributed by atoms with Crippen LogP contribution in [0, 0.1) is 5.92 Å². The number of amides is 1. The summed E-state index contributed by atoms with van der Waals surface area (Å²) < 4.78 is 5.90. The summed E-state index contributed by atoms with van der Waals surface area (Å²) in [7, 11) is 5.82. The van der Waals surface area contributed by atoms with Crippen molar-refractivity contribution in [3.05, 3.63) is 47.2 Å². The first kappa shape index (κ1) is 29.3. The van der Waals surface area contributed by atoms with Gasteiger partial charge < -0.3 is 25.2 Å². The molecule has 0 radical (unpaired) electrons. The Hall–Kier alpha value is -2.97. The molecule has 1 amide bonds. The number of ether oxygens (including phenoxy) is 1. The predicted octanol–water partition coefficient (Wildman–Crippen LogP) is 4.46. The summed E-state index contributed by atoms with van der Waals surface area (Å²) >= 11 is 0. The van der Waals surface area contributed by atoms with E-state index in [1.54, 1.807) is 18.2 Å². The Bertz CT molecular complexity index is 987. The van der Waals surface area contributed by atoms with Gasteiger partial charge in [-0.15, -0.1) is 0 Å². The van der Waals surface area contributed by atoms with Gasteiger partial charge in [-0.05, 0) is 62.7 Å². The van der Waals surface area contributed by atoms with Crippen molar-refractivity contribution in [2.45, 2.75) is 53.2 Å². The number of anilines is 2. The number of nitrogens with zero attached hydrogens (tertiary/aromatic N) is 3. The number of hydrogen-bond acceptors (Lipinski definition) is 7. The van der Waals surface area contributed by atoms with Gasteiger partial charge in [0.25, 0.3) is 5.91 Å². The van der Waals surface area contributed by atoms with Crippen molar-refractivity contribution in [2.24, 2.45) is 5.92 Å². The molecule has 0 spiro atoms. The molecular formula is C28H43N5O3. The van der Waals surface area contributed by atoms with E-state index in [-0.39, 0.29) is 17.7 Å². The molecule has 2 heterocycles. The van der Waals surface area contributed by atoms with E-state index in [9.17, 15) is 9.59 Å². The highest BCUT2D eigenvalue weighted by Crippen LogP contribution is 2.29. The molecule has 1 unspecified atom stereocenters. The third-order valence-corrected chi connectivity index (χ3v) is 5.90. The monoisotopic (exact) mass is 497 g/mol. The average Bonchev–Trinajstić information content (AvgIpc) is 3.37. The van der Waals surface area contributed by atoms with E-state index in [2.05, 4.69) is 34.4 Å². The highest BCUT2D eigenvalue weighted by molar-refractivity contribution is 6.05. The fraction of sp³-hybridized carbons (Fsp3) is 0.536. The van der Waals surface area contributed by atoms with Crippen LogP contribution in [0.15, 0.2) is 30.3 Å². The van der Waals surface area contributed by atoms with Gasteiger partial charge in [0, 0.05) is 38.8 Å². The molecule has 0 saturated carbocycles. The summed E-state index contributed by atoms with van der Waals surface area (Å²) in [5.74, 6) is 0.727. The van der Waals surface area contributed by atoms with E-state index in [4.69, 9.17) is 4.74 Å². The standard InChI is InChI=1S/C26H37N5O3.C2H6/c1-18(2)10-12-31(5)16-19-13-23(24(30(3)4)14-20(19)17-32)29-26(33)22-7-6-8-25(28-22)34-21-9-11-27-15-21;1-2/h6-8,13-14,17-18,21,27H,9-12,15-16H2,1-5H3,(H,29,33);1-2H3. The lowest BCUT2D eigenvalue weighted by Gasteiger charge is -2.23. The third-order valence-electron chi connectivity index (χ3n) is 5.90. The predicted molar refractivity (Wildman–Crippen MR) is 147 cm³/mol. The number of aromatic nitrogens is 1. The van der Waals surface area contributed by atoms with E-state index < -0.39 is 0 Å². The molecule has 0 bridgehead atoms. The van der Waals surface area contributed by atoms with Crippen LogP contribution in [0.25, 0.3) is 0 Å². The largest absolute Gasteiger partial charge is 0.473 e. The molecule has 1 aromatic carbocycles. The Morgan fingerprint density at radius 3 is 2.61 bits per heavy atom. The number of hydrogen-bond donors (Lipinski definition) is 2. The lowest BCUT2D eigenvalue weighted by molar-refractivity contribution is 0.102. The van der Waals surface area contributed by atoms with Crippen molar-refractivity contribution in [3.8, 4) is 5.88 Å². The van der Waals surface area contributed by atoms with Crippen LogP contribution in [0.5, 0.6) is 5.88 Å². The number of rotatable bonds is 11. The number of carbonyl (C=O) groups is 2. The zero-order chi connectivity index (χ0) is 26.7. The molecule has 3 rings (SSSR count). The molecule has 1 aliphatic heterocycles. The molecule has 1 aromatic heterocycles. The maximum Gasteiger partial charge on any atom is 0.274 e. The molecule has 0 aliphatic carbocycles. The zero-order valence-corrected chi connectivity index (χ0v) is 22.9. The highest BCUT2D eigenvalue weighted by Gasteiger charge is 2.19. The molecule has 2 aromatic rings. The van der Waals surface area contributed by atoms with Gasteiger partial charge in [0.2, 0.25) is 5.88 Å². The maximum absolute atomic E-state index is 13.1. The molecular weight excluding hydrogens is 454 g/mol. The van der Waals surface area contributed by atoms with E-state index in [1.165, 1.54) is 0 Å². The van der Waals surface area contributed by atoms with Crippen LogP contribution >= 0.6 is 0 Å². The summed E-state index contributed by atoms with van der Waals surface area (Å²) in [6, 6.07) is 8.94. The Morgan fingerprint density at radius 1 is 1.25 bits per heavy atom. The number of carbonyl (C=O) groups excluding carboxylic acids is 2. The quantitative estimate of drug-likeness (QED) is 0.443. The first-order valence-electron chi connectivity index (χ1n) is 12.9. The van der Waals surface area contributed by atoms with Gasteiger partial charge in [0.1, 0.15) is 18.1 Å². The van der Waals surface area contributed by atoms with Crippen molar-refractivity contribution in [2.75, 3.05) is 51.0 Å². The SMILES string of the molecule is CC.CC(C)CCN(C)Cc1cc(NC(=O)c2cccc(OC3CCNC3)n2)c(N(C)C)cc1C=O. The second-order valence-electron chi connectivity index (χ2n) is 9.55. The van der Waals surface area contributed by atoms with Crippen LogP contribution in [-0.2, 0) is 6.54 Å². The third kappa shape index (κ3) is 8.60. The first-order chi connectivity index (χ1) is 17.3. The van der Waals surface area contributed by atoms with E-state index >= 15 is 0 Å². The Labute approximate surface area is 216 Å². The van der Waals surface area contributed by atoms with Crippen molar-refractivity contribution >= 4 is 23.6 Å². The summed E-state index contributed by atoms with van der Waals surface area (Å²) in [6.07, 6.45) is 2.94. The minimum absolute atomic E-state index is 0.0669. The van der Waals surface area contributed by atoms with Gasteiger partial charge >= 0.3 is 0 Å². The Kier molecular flexibility index (Phi) is 11.8. The summed E-state index contributed by atoms with van der Waals surface area (Å²) in [5, 5.41) is 6.25. The van der Waals surface area contributed by atoms with Crippen LogP contribution in [0.1, 0.15) is 66.9 Å². The second-order valence-corrected chi connectivity index (χ2v) is 9.55. The van der Waals surface area contributed by atoms with E-state index in [0.717, 1.165) is 50.0 Å². The van der Waals surface area contributed by atoms with Crippen LogP contribution in [0.3, 0.4) is 0 Å². The Balaban J connectivity index is 0.00000222. The molecule has 198 valence electrons. The molecule has 1 fully saturated rings. The van der Waals surface area contributed by atoms with Crippen molar-refractivity contribution in [1.82, 2.24) is 15.2 Å². The van der Waals surface area contributed by atoms with Crippen molar-refractivity contribution < 1.29 is 14.3 Å². The number of nitrogens with one attached hydrogen (secondary N) is 2. The van der Waals surface area contributed by atoms with Gasteiger partial charge in [-0.1, -0.05) is 33.8 Å². The molecule has 8 heteroatoms. The van der Waals surface area contributed by atoms with E-state index in [1.807, 2.05) is 52.0 Å². The number of aldehydes is 1.